The van der Waals surface area contributed by atoms with E-state index in [-0.39, 0.29) is 0 Å². The fourth-order valence-corrected chi connectivity index (χ4v) is 2.81. The van der Waals surface area contributed by atoms with Crippen molar-refractivity contribution in [3.63, 3.8) is 0 Å². The van der Waals surface area contributed by atoms with Crippen LogP contribution in [-0.2, 0) is 13.0 Å². The molecule has 0 unspecified atom stereocenters. The molecule has 0 aliphatic heterocycles. The van der Waals surface area contributed by atoms with Gasteiger partial charge in [-0.15, -0.1) is 11.3 Å². The molecule has 0 fully saturated rings. The highest BCUT2D eigenvalue weighted by Crippen LogP contribution is 2.20. The van der Waals surface area contributed by atoms with Gasteiger partial charge in [-0.1, -0.05) is 18.2 Å². The second-order valence-corrected chi connectivity index (χ2v) is 5.43. The van der Waals surface area contributed by atoms with Gasteiger partial charge in [0.05, 0.1) is 0 Å². The monoisotopic (exact) mass is 269 g/mol. The van der Waals surface area contributed by atoms with Gasteiger partial charge >= 0.3 is 0 Å². The molecule has 3 rings (SSSR count). The summed E-state index contributed by atoms with van der Waals surface area (Å²) < 4.78 is 2.18. The molecule has 2 aromatic heterocycles. The summed E-state index contributed by atoms with van der Waals surface area (Å²) in [4.78, 5) is 5.83. The van der Waals surface area contributed by atoms with Crippen LogP contribution in [0.2, 0.25) is 0 Å². The second kappa shape index (κ2) is 5.28. The normalized spacial score (nSPS) is 10.7. The highest BCUT2D eigenvalue weighted by molar-refractivity contribution is 7.09. The van der Waals surface area contributed by atoms with Crippen LogP contribution < -0.4 is 5.73 Å². The van der Waals surface area contributed by atoms with Gasteiger partial charge in [-0.25, -0.2) is 4.98 Å². The van der Waals surface area contributed by atoms with Crippen LogP contribution in [0.25, 0.3) is 11.4 Å². The Morgan fingerprint density at radius 2 is 2.16 bits per heavy atom. The Kier molecular flexibility index (Phi) is 3.33. The van der Waals surface area contributed by atoms with Gasteiger partial charge in [0, 0.05) is 35.1 Å². The molecule has 0 atom stereocenters. The number of anilines is 1. The molecule has 3 nitrogen and oxygen atoms in total. The molecule has 2 N–H and O–H groups in total. The Labute approximate surface area is 116 Å². The third-order valence-corrected chi connectivity index (χ3v) is 3.98. The molecule has 0 aliphatic rings. The average molecular weight is 269 g/mol. The Bertz CT molecular complexity index is 656. The van der Waals surface area contributed by atoms with Gasteiger partial charge in [0.15, 0.2) is 0 Å². The molecule has 19 heavy (non-hydrogen) atoms. The van der Waals surface area contributed by atoms with Crippen molar-refractivity contribution < 1.29 is 0 Å². The maximum Gasteiger partial charge on any atom is 0.139 e. The fraction of sp³-hybridized carbons (Fsp3) is 0.133. The molecule has 0 bridgehead atoms. The summed E-state index contributed by atoms with van der Waals surface area (Å²) in [7, 11) is 0. The van der Waals surface area contributed by atoms with E-state index in [1.54, 1.807) is 11.3 Å². The largest absolute Gasteiger partial charge is 0.399 e. The third kappa shape index (κ3) is 2.69. The summed E-state index contributed by atoms with van der Waals surface area (Å²) in [5, 5.41) is 2.11. The van der Waals surface area contributed by atoms with Gasteiger partial charge in [0.25, 0.3) is 0 Å². The maximum absolute atomic E-state index is 5.83. The molecule has 2 heterocycles. The highest BCUT2D eigenvalue weighted by atomic mass is 32.1. The molecule has 96 valence electrons. The van der Waals surface area contributed by atoms with Crippen LogP contribution in [0, 0.1) is 0 Å². The maximum atomic E-state index is 5.83. The first kappa shape index (κ1) is 12.0. The van der Waals surface area contributed by atoms with Gasteiger partial charge in [0.2, 0.25) is 0 Å². The van der Waals surface area contributed by atoms with E-state index in [1.807, 2.05) is 36.7 Å². The zero-order chi connectivity index (χ0) is 13.1. The van der Waals surface area contributed by atoms with E-state index >= 15 is 0 Å². The van der Waals surface area contributed by atoms with Crippen LogP contribution in [0.4, 0.5) is 5.69 Å². The molecular weight excluding hydrogens is 254 g/mol. The number of thiophene rings is 1. The number of nitrogens with two attached hydrogens (primary N) is 1. The number of hydrogen-bond donors (Lipinski definition) is 1. The predicted molar refractivity (Wildman–Crippen MR) is 80.1 cm³/mol. The molecule has 0 spiro atoms. The van der Waals surface area contributed by atoms with Crippen LogP contribution in [0.3, 0.4) is 0 Å². The number of benzene rings is 1. The minimum absolute atomic E-state index is 0.769. The van der Waals surface area contributed by atoms with E-state index < -0.39 is 0 Å². The first-order valence-corrected chi connectivity index (χ1v) is 7.10. The molecule has 0 amide bonds. The van der Waals surface area contributed by atoms with Gasteiger partial charge in [0.1, 0.15) is 5.82 Å². The summed E-state index contributed by atoms with van der Waals surface area (Å²) in [5.41, 5.74) is 7.67. The molecule has 3 aromatic rings. The van der Waals surface area contributed by atoms with Gasteiger partial charge in [-0.05, 0) is 30.0 Å². The number of aryl methyl sites for hydroxylation is 2. The van der Waals surface area contributed by atoms with Crippen molar-refractivity contribution in [2.75, 3.05) is 5.73 Å². The van der Waals surface area contributed by atoms with Gasteiger partial charge < -0.3 is 10.3 Å². The summed E-state index contributed by atoms with van der Waals surface area (Å²) >= 11 is 1.80. The summed E-state index contributed by atoms with van der Waals surface area (Å²) in [6.45, 7) is 0.935. The molecule has 4 heteroatoms. The molecule has 0 saturated carbocycles. The van der Waals surface area contributed by atoms with Crippen LogP contribution in [0.5, 0.6) is 0 Å². The Morgan fingerprint density at radius 3 is 2.95 bits per heavy atom. The number of nitrogens with zero attached hydrogens (tertiary/aromatic N) is 2. The van der Waals surface area contributed by atoms with E-state index in [2.05, 4.69) is 27.1 Å². The van der Waals surface area contributed by atoms with E-state index in [4.69, 9.17) is 5.73 Å². The minimum Gasteiger partial charge on any atom is -0.399 e. The Hall–Kier alpha value is -2.07. The SMILES string of the molecule is Nc1cccc(-c2nccn2CCc2cccs2)c1. The summed E-state index contributed by atoms with van der Waals surface area (Å²) in [6, 6.07) is 12.1. The van der Waals surface area contributed by atoms with Crippen LogP contribution in [0.1, 0.15) is 4.88 Å². The smallest absolute Gasteiger partial charge is 0.139 e. The van der Waals surface area contributed by atoms with Crippen LogP contribution >= 0.6 is 11.3 Å². The van der Waals surface area contributed by atoms with E-state index in [0.717, 1.165) is 30.0 Å². The van der Waals surface area contributed by atoms with Crippen molar-refractivity contribution in [1.82, 2.24) is 9.55 Å². The summed E-state index contributed by atoms with van der Waals surface area (Å²) in [5.74, 6) is 0.976. The highest BCUT2D eigenvalue weighted by Gasteiger charge is 2.06. The third-order valence-electron chi connectivity index (χ3n) is 3.04. The molecule has 0 saturated heterocycles. The van der Waals surface area contributed by atoms with Crippen molar-refractivity contribution >= 4 is 17.0 Å². The van der Waals surface area contributed by atoms with Gasteiger partial charge in [-0.2, -0.15) is 0 Å². The quantitative estimate of drug-likeness (QED) is 0.737. The van der Waals surface area contributed by atoms with Crippen molar-refractivity contribution in [3.8, 4) is 11.4 Å². The number of nitrogen functional groups attached to an aromatic ring is 1. The van der Waals surface area contributed by atoms with Gasteiger partial charge in [-0.3, -0.25) is 0 Å². The Morgan fingerprint density at radius 1 is 1.21 bits per heavy atom. The van der Waals surface area contributed by atoms with Crippen molar-refractivity contribution in [2.45, 2.75) is 13.0 Å². The first-order chi connectivity index (χ1) is 9.33. The fourth-order valence-electron chi connectivity index (χ4n) is 2.11. The number of hydrogen-bond acceptors (Lipinski definition) is 3. The van der Waals surface area contributed by atoms with Crippen molar-refractivity contribution in [3.05, 3.63) is 59.0 Å². The number of rotatable bonds is 4. The lowest BCUT2D eigenvalue weighted by atomic mass is 10.2. The standard InChI is InChI=1S/C15H15N3S/c16-13-4-1-3-12(11-13)15-17-7-9-18(15)8-6-14-5-2-10-19-14/h1-5,7,9-11H,6,8,16H2. The Balaban J connectivity index is 1.82. The predicted octanol–water partition coefficient (Wildman–Crippen LogP) is 3.44. The van der Waals surface area contributed by atoms with Crippen molar-refractivity contribution in [1.29, 1.82) is 0 Å². The summed E-state index contributed by atoms with van der Waals surface area (Å²) in [6.07, 6.45) is 4.89. The zero-order valence-corrected chi connectivity index (χ0v) is 11.3. The number of aromatic nitrogens is 2. The molecule has 0 radical (unpaired) electrons. The average Bonchev–Trinajstić information content (AvgIpc) is 3.08. The first-order valence-electron chi connectivity index (χ1n) is 6.22. The lowest BCUT2D eigenvalue weighted by molar-refractivity contribution is 0.709. The molecule has 1 aromatic carbocycles. The van der Waals surface area contributed by atoms with E-state index in [1.165, 1.54) is 4.88 Å². The van der Waals surface area contributed by atoms with Crippen LogP contribution in [-0.4, -0.2) is 9.55 Å². The molecule has 0 aliphatic carbocycles. The van der Waals surface area contributed by atoms with Crippen LogP contribution in [0.15, 0.2) is 54.2 Å². The number of imidazole rings is 1. The lowest BCUT2D eigenvalue weighted by Gasteiger charge is -2.07. The topological polar surface area (TPSA) is 43.8 Å². The minimum atomic E-state index is 0.769. The second-order valence-electron chi connectivity index (χ2n) is 4.40. The zero-order valence-electron chi connectivity index (χ0n) is 10.5. The molecular formula is C15H15N3S. The van der Waals surface area contributed by atoms with E-state index in [9.17, 15) is 0 Å². The lowest BCUT2D eigenvalue weighted by Crippen LogP contribution is -2.02. The van der Waals surface area contributed by atoms with Crippen molar-refractivity contribution in [2.24, 2.45) is 0 Å². The van der Waals surface area contributed by atoms with E-state index in [0.29, 0.717) is 0 Å².